The van der Waals surface area contributed by atoms with Gasteiger partial charge in [-0.15, -0.1) is 6.42 Å². The highest BCUT2D eigenvalue weighted by Crippen LogP contribution is 2.37. The second-order valence-corrected chi connectivity index (χ2v) is 10.7. The Balaban J connectivity index is 2.71. The third-order valence-corrected chi connectivity index (χ3v) is 7.98. The fraction of sp³-hybridized carbons (Fsp3) is 0.467. The molecule has 0 aliphatic heterocycles. The molecule has 17 heavy (non-hydrogen) atoms. The summed E-state index contributed by atoms with van der Waals surface area (Å²) >= 11 is 0. The second-order valence-electron chi connectivity index (χ2n) is 5.89. The Morgan fingerprint density at radius 3 is 2.47 bits per heavy atom. The van der Waals surface area contributed by atoms with Gasteiger partial charge in [0.2, 0.25) is 0 Å². The van der Waals surface area contributed by atoms with E-state index in [9.17, 15) is 0 Å². The summed E-state index contributed by atoms with van der Waals surface area (Å²) in [6, 6.07) is 8.01. The summed E-state index contributed by atoms with van der Waals surface area (Å²) in [5.41, 5.74) is 2.08. The van der Waals surface area contributed by atoms with Gasteiger partial charge in [0.1, 0.15) is 0 Å². The molecular formula is C15H22OSi. The molecule has 1 aromatic rings. The molecule has 0 saturated carbocycles. The molecule has 0 N–H and O–H groups in total. The Labute approximate surface area is 106 Å². The minimum absolute atomic E-state index is 0.247. The van der Waals surface area contributed by atoms with Crippen LogP contribution < -0.4 is 0 Å². The standard InChI is InChI=1S/C15H22OSi/c1-7-13-9-8-10-14(11-13)12-16-17(5,6)15(2,3)4/h1,8-11H,12H2,2-6H3. The molecule has 1 nitrogen and oxygen atoms in total. The molecule has 0 radical (unpaired) electrons. The summed E-state index contributed by atoms with van der Waals surface area (Å²) in [7, 11) is -1.67. The molecule has 0 bridgehead atoms. The maximum Gasteiger partial charge on any atom is 0.192 e. The van der Waals surface area contributed by atoms with Gasteiger partial charge in [-0.2, -0.15) is 0 Å². The molecule has 0 atom stereocenters. The topological polar surface area (TPSA) is 9.23 Å². The smallest absolute Gasteiger partial charge is 0.192 e. The lowest BCUT2D eigenvalue weighted by Gasteiger charge is -2.36. The maximum atomic E-state index is 6.15. The van der Waals surface area contributed by atoms with Crippen molar-refractivity contribution < 1.29 is 4.43 Å². The maximum absolute atomic E-state index is 6.15. The van der Waals surface area contributed by atoms with Gasteiger partial charge in [0, 0.05) is 5.56 Å². The van der Waals surface area contributed by atoms with Gasteiger partial charge < -0.3 is 4.43 Å². The Hall–Kier alpha value is -1.04. The SMILES string of the molecule is C#Cc1cccc(CO[Si](C)(C)C(C)(C)C)c1. The predicted octanol–water partition coefficient (Wildman–Crippen LogP) is 4.19. The van der Waals surface area contributed by atoms with E-state index in [1.54, 1.807) is 0 Å². The minimum atomic E-state index is -1.67. The van der Waals surface area contributed by atoms with Crippen LogP contribution in [0.25, 0.3) is 0 Å². The average molecular weight is 246 g/mol. The van der Waals surface area contributed by atoms with Crippen LogP contribution in [0.3, 0.4) is 0 Å². The number of terminal acetylenes is 1. The number of benzene rings is 1. The van der Waals surface area contributed by atoms with Crippen LogP contribution in [0.15, 0.2) is 24.3 Å². The Morgan fingerprint density at radius 2 is 1.94 bits per heavy atom. The van der Waals surface area contributed by atoms with Crippen molar-refractivity contribution in [2.24, 2.45) is 0 Å². The van der Waals surface area contributed by atoms with E-state index in [1.165, 1.54) is 0 Å². The van der Waals surface area contributed by atoms with Crippen LogP contribution in [0.2, 0.25) is 18.1 Å². The molecule has 1 aromatic carbocycles. The molecule has 0 aromatic heterocycles. The van der Waals surface area contributed by atoms with Crippen molar-refractivity contribution >= 4 is 8.32 Å². The number of rotatable bonds is 3. The lowest BCUT2D eigenvalue weighted by Crippen LogP contribution is -2.40. The molecule has 1 rings (SSSR count). The third kappa shape index (κ3) is 3.73. The second kappa shape index (κ2) is 5.08. The minimum Gasteiger partial charge on any atom is -0.413 e. The first-order valence-corrected chi connectivity index (χ1v) is 8.86. The van der Waals surface area contributed by atoms with E-state index in [0.717, 1.165) is 11.1 Å². The van der Waals surface area contributed by atoms with E-state index < -0.39 is 8.32 Å². The monoisotopic (exact) mass is 246 g/mol. The normalized spacial score (nSPS) is 12.2. The summed E-state index contributed by atoms with van der Waals surface area (Å²) in [4.78, 5) is 0. The lowest BCUT2D eigenvalue weighted by molar-refractivity contribution is 0.276. The van der Waals surface area contributed by atoms with Crippen molar-refractivity contribution in [1.82, 2.24) is 0 Å². The van der Waals surface area contributed by atoms with Crippen LogP contribution in [0.5, 0.6) is 0 Å². The Morgan fingerprint density at radius 1 is 1.29 bits per heavy atom. The quantitative estimate of drug-likeness (QED) is 0.574. The first-order valence-electron chi connectivity index (χ1n) is 5.96. The van der Waals surface area contributed by atoms with Crippen LogP contribution in [-0.2, 0) is 11.0 Å². The zero-order valence-corrected chi connectivity index (χ0v) is 12.5. The van der Waals surface area contributed by atoms with Crippen molar-refractivity contribution in [1.29, 1.82) is 0 Å². The highest BCUT2D eigenvalue weighted by atomic mass is 28.4. The van der Waals surface area contributed by atoms with Crippen LogP contribution in [0.1, 0.15) is 31.9 Å². The molecule has 0 aliphatic carbocycles. The molecule has 92 valence electrons. The summed E-state index contributed by atoms with van der Waals surface area (Å²) < 4.78 is 6.15. The van der Waals surface area contributed by atoms with Gasteiger partial charge in [0.05, 0.1) is 6.61 Å². The molecule has 0 unspecified atom stereocenters. The van der Waals surface area contributed by atoms with Gasteiger partial charge in [-0.05, 0) is 35.8 Å². The molecule has 2 heteroatoms. The van der Waals surface area contributed by atoms with Crippen molar-refractivity contribution in [3.05, 3.63) is 35.4 Å². The Bertz CT molecular complexity index is 421. The van der Waals surface area contributed by atoms with Crippen LogP contribution in [-0.4, -0.2) is 8.32 Å². The summed E-state index contributed by atoms with van der Waals surface area (Å²) in [5, 5.41) is 0.247. The zero-order valence-electron chi connectivity index (χ0n) is 11.5. The molecular weight excluding hydrogens is 224 g/mol. The molecule has 0 fully saturated rings. The van der Waals surface area contributed by atoms with Crippen molar-refractivity contribution in [2.75, 3.05) is 0 Å². The first kappa shape index (κ1) is 14.0. The predicted molar refractivity (Wildman–Crippen MR) is 76.4 cm³/mol. The lowest BCUT2D eigenvalue weighted by atomic mass is 10.1. The molecule has 0 aliphatic rings. The number of hydrogen-bond donors (Lipinski definition) is 0. The molecule has 0 heterocycles. The highest BCUT2D eigenvalue weighted by molar-refractivity contribution is 6.74. The van der Waals surface area contributed by atoms with Crippen molar-refractivity contribution in [3.8, 4) is 12.3 Å². The van der Waals surface area contributed by atoms with Gasteiger partial charge in [0.25, 0.3) is 0 Å². The van der Waals surface area contributed by atoms with Gasteiger partial charge in [-0.3, -0.25) is 0 Å². The van der Waals surface area contributed by atoms with E-state index in [0.29, 0.717) is 6.61 Å². The van der Waals surface area contributed by atoms with Crippen LogP contribution in [0.4, 0.5) is 0 Å². The summed E-state index contributed by atoms with van der Waals surface area (Å²) in [5.74, 6) is 2.65. The fourth-order valence-corrected chi connectivity index (χ4v) is 2.19. The first-order chi connectivity index (χ1) is 7.76. The average Bonchev–Trinajstić information content (AvgIpc) is 2.25. The van der Waals surface area contributed by atoms with Crippen LogP contribution >= 0.6 is 0 Å². The van der Waals surface area contributed by atoms with E-state index in [4.69, 9.17) is 10.8 Å². The van der Waals surface area contributed by atoms with E-state index >= 15 is 0 Å². The van der Waals surface area contributed by atoms with Crippen molar-refractivity contribution in [2.45, 2.75) is 45.5 Å². The summed E-state index contributed by atoms with van der Waals surface area (Å²) in [6.07, 6.45) is 5.39. The molecule has 0 saturated heterocycles. The van der Waals surface area contributed by atoms with E-state index in [-0.39, 0.29) is 5.04 Å². The van der Waals surface area contributed by atoms with Gasteiger partial charge in [0.15, 0.2) is 8.32 Å². The summed E-state index contributed by atoms with van der Waals surface area (Å²) in [6.45, 7) is 11.9. The van der Waals surface area contributed by atoms with Crippen molar-refractivity contribution in [3.63, 3.8) is 0 Å². The zero-order chi connectivity index (χ0) is 13.1. The molecule has 0 amide bonds. The van der Waals surface area contributed by atoms with Crippen LogP contribution in [0, 0.1) is 12.3 Å². The van der Waals surface area contributed by atoms with Gasteiger partial charge >= 0.3 is 0 Å². The fourth-order valence-electron chi connectivity index (χ4n) is 1.23. The van der Waals surface area contributed by atoms with E-state index in [2.05, 4.69) is 45.9 Å². The third-order valence-electron chi connectivity index (χ3n) is 3.50. The Kier molecular flexibility index (Phi) is 4.19. The number of hydrogen-bond acceptors (Lipinski definition) is 1. The van der Waals surface area contributed by atoms with Gasteiger partial charge in [-0.25, -0.2) is 0 Å². The highest BCUT2D eigenvalue weighted by Gasteiger charge is 2.36. The largest absolute Gasteiger partial charge is 0.413 e. The van der Waals surface area contributed by atoms with Gasteiger partial charge in [-0.1, -0.05) is 38.8 Å². The van der Waals surface area contributed by atoms with E-state index in [1.807, 2.05) is 18.2 Å². The molecule has 0 spiro atoms.